The summed E-state index contributed by atoms with van der Waals surface area (Å²) in [5.41, 5.74) is 2.74. The summed E-state index contributed by atoms with van der Waals surface area (Å²) in [4.78, 5) is 0. The van der Waals surface area contributed by atoms with Crippen LogP contribution in [0, 0.1) is 13.8 Å². The van der Waals surface area contributed by atoms with Crippen molar-refractivity contribution in [1.82, 2.24) is 4.57 Å². The third-order valence-corrected chi connectivity index (χ3v) is 2.18. The molecule has 1 aromatic carbocycles. The van der Waals surface area contributed by atoms with Crippen molar-refractivity contribution in [3.05, 3.63) is 59.9 Å². The maximum atomic E-state index is 2.12. The predicted molar refractivity (Wildman–Crippen MR) is 61.3 cm³/mol. The Morgan fingerprint density at radius 3 is 1.43 bits per heavy atom. The van der Waals surface area contributed by atoms with Gasteiger partial charge in [0, 0.05) is 19.4 Å². The molecule has 74 valence electrons. The summed E-state index contributed by atoms with van der Waals surface area (Å²) >= 11 is 0. The number of benzene rings is 1. The fraction of sp³-hybridized carbons (Fsp3) is 0.231. The second-order valence-electron chi connectivity index (χ2n) is 3.43. The van der Waals surface area contributed by atoms with Crippen LogP contribution < -0.4 is 0 Å². The fourth-order valence-electron chi connectivity index (χ4n) is 1.08. The van der Waals surface area contributed by atoms with Crippen LogP contribution in [-0.4, -0.2) is 4.57 Å². The van der Waals surface area contributed by atoms with E-state index in [1.54, 1.807) is 0 Å². The third kappa shape index (κ3) is 3.48. The zero-order valence-electron chi connectivity index (χ0n) is 9.07. The van der Waals surface area contributed by atoms with Crippen LogP contribution in [0.4, 0.5) is 0 Å². The molecule has 1 nitrogen and oxygen atoms in total. The average molecular weight is 187 g/mol. The summed E-state index contributed by atoms with van der Waals surface area (Å²) in [5, 5.41) is 0. The van der Waals surface area contributed by atoms with Gasteiger partial charge >= 0.3 is 0 Å². The number of hydrogen-bond acceptors (Lipinski definition) is 0. The zero-order valence-corrected chi connectivity index (χ0v) is 9.07. The van der Waals surface area contributed by atoms with Crippen molar-refractivity contribution in [2.45, 2.75) is 13.8 Å². The molecule has 0 aliphatic carbocycles. The van der Waals surface area contributed by atoms with E-state index in [1.165, 1.54) is 11.1 Å². The van der Waals surface area contributed by atoms with Gasteiger partial charge in [-0.2, -0.15) is 0 Å². The van der Waals surface area contributed by atoms with Crippen LogP contribution in [0.1, 0.15) is 11.1 Å². The highest BCUT2D eigenvalue weighted by molar-refractivity contribution is 5.23. The van der Waals surface area contributed by atoms with Gasteiger partial charge in [0.15, 0.2) is 0 Å². The molecule has 1 heteroatoms. The minimum atomic E-state index is 1.37. The molecular formula is C13H17N. The molecule has 2 aromatic rings. The molecule has 0 radical (unpaired) electrons. The van der Waals surface area contributed by atoms with Crippen molar-refractivity contribution in [3.8, 4) is 0 Å². The molecule has 2 rings (SSSR count). The number of aromatic nitrogens is 1. The molecule has 0 N–H and O–H groups in total. The van der Waals surface area contributed by atoms with Crippen LogP contribution in [0.5, 0.6) is 0 Å². The molecule has 0 saturated carbocycles. The summed E-state index contributed by atoms with van der Waals surface area (Å²) < 4.78 is 2.00. The lowest BCUT2D eigenvalue weighted by Crippen LogP contribution is -1.75. The van der Waals surface area contributed by atoms with Crippen molar-refractivity contribution >= 4 is 0 Å². The van der Waals surface area contributed by atoms with E-state index in [2.05, 4.69) is 38.1 Å². The first-order valence-corrected chi connectivity index (χ1v) is 4.79. The number of nitrogens with zero attached hydrogens (tertiary/aromatic N) is 1. The van der Waals surface area contributed by atoms with Crippen molar-refractivity contribution < 1.29 is 0 Å². The monoisotopic (exact) mass is 187 g/mol. The summed E-state index contributed by atoms with van der Waals surface area (Å²) in [6.45, 7) is 4.24. The number of rotatable bonds is 0. The lowest BCUT2D eigenvalue weighted by atomic mass is 10.1. The Hall–Kier alpha value is -1.50. The van der Waals surface area contributed by atoms with E-state index in [4.69, 9.17) is 0 Å². The molecule has 1 aromatic heterocycles. The minimum absolute atomic E-state index is 1.37. The van der Waals surface area contributed by atoms with Crippen molar-refractivity contribution in [2.75, 3.05) is 0 Å². The van der Waals surface area contributed by atoms with Gasteiger partial charge in [-0.3, -0.25) is 0 Å². The molecule has 0 saturated heterocycles. The lowest BCUT2D eigenvalue weighted by molar-refractivity contribution is 0.928. The summed E-state index contributed by atoms with van der Waals surface area (Å²) in [5.74, 6) is 0. The van der Waals surface area contributed by atoms with Gasteiger partial charge in [0.1, 0.15) is 0 Å². The lowest BCUT2D eigenvalue weighted by Gasteiger charge is -1.93. The Morgan fingerprint density at radius 2 is 1.21 bits per heavy atom. The highest BCUT2D eigenvalue weighted by Crippen LogP contribution is 2.02. The van der Waals surface area contributed by atoms with E-state index < -0.39 is 0 Å². The molecule has 14 heavy (non-hydrogen) atoms. The van der Waals surface area contributed by atoms with E-state index >= 15 is 0 Å². The van der Waals surface area contributed by atoms with Crippen LogP contribution in [0.2, 0.25) is 0 Å². The highest BCUT2D eigenvalue weighted by atomic mass is 14.9. The maximum absolute atomic E-state index is 2.12. The van der Waals surface area contributed by atoms with Crippen molar-refractivity contribution in [3.63, 3.8) is 0 Å². The molecule has 0 bridgehead atoms. The molecule has 0 atom stereocenters. The second-order valence-corrected chi connectivity index (χ2v) is 3.43. The second kappa shape index (κ2) is 5.28. The molecular weight excluding hydrogens is 170 g/mol. The SMILES string of the molecule is Cc1ccccc1C.Cn1cccc1. The third-order valence-electron chi connectivity index (χ3n) is 2.18. The Labute approximate surface area is 86.0 Å². The normalized spacial score (nSPS) is 9.07. The average Bonchev–Trinajstić information content (AvgIpc) is 2.63. The topological polar surface area (TPSA) is 4.93 Å². The Balaban J connectivity index is 0.000000146. The van der Waals surface area contributed by atoms with Gasteiger partial charge in [-0.05, 0) is 37.1 Å². The smallest absolute Gasteiger partial charge is 0.0106 e. The maximum Gasteiger partial charge on any atom is 0.0106 e. The van der Waals surface area contributed by atoms with E-state index in [0.29, 0.717) is 0 Å². The van der Waals surface area contributed by atoms with Gasteiger partial charge in [-0.15, -0.1) is 0 Å². The minimum Gasteiger partial charge on any atom is -0.357 e. The first-order chi connectivity index (χ1) is 6.70. The zero-order chi connectivity index (χ0) is 10.4. The molecule has 0 amide bonds. The first-order valence-electron chi connectivity index (χ1n) is 4.79. The van der Waals surface area contributed by atoms with Gasteiger partial charge in [0.2, 0.25) is 0 Å². The quantitative estimate of drug-likeness (QED) is 0.596. The fourth-order valence-corrected chi connectivity index (χ4v) is 1.08. The van der Waals surface area contributed by atoms with Crippen LogP contribution in [0.15, 0.2) is 48.8 Å². The highest BCUT2D eigenvalue weighted by Gasteiger charge is 1.83. The first kappa shape index (κ1) is 10.6. The van der Waals surface area contributed by atoms with E-state index in [9.17, 15) is 0 Å². The van der Waals surface area contributed by atoms with Crippen LogP contribution >= 0.6 is 0 Å². The Bertz CT molecular complexity index is 339. The summed E-state index contributed by atoms with van der Waals surface area (Å²) in [7, 11) is 2.00. The van der Waals surface area contributed by atoms with Crippen LogP contribution in [-0.2, 0) is 7.05 Å². The number of aryl methyl sites for hydroxylation is 3. The molecule has 1 heterocycles. The van der Waals surface area contributed by atoms with Crippen LogP contribution in [0.25, 0.3) is 0 Å². The summed E-state index contributed by atoms with van der Waals surface area (Å²) in [6, 6.07) is 12.4. The van der Waals surface area contributed by atoms with E-state index in [-0.39, 0.29) is 0 Å². The van der Waals surface area contributed by atoms with Gasteiger partial charge < -0.3 is 4.57 Å². The van der Waals surface area contributed by atoms with Gasteiger partial charge in [-0.25, -0.2) is 0 Å². The largest absolute Gasteiger partial charge is 0.357 e. The molecule has 0 aliphatic heterocycles. The summed E-state index contributed by atoms with van der Waals surface area (Å²) in [6.07, 6.45) is 4.00. The van der Waals surface area contributed by atoms with Crippen molar-refractivity contribution in [1.29, 1.82) is 0 Å². The van der Waals surface area contributed by atoms with Gasteiger partial charge in [0.25, 0.3) is 0 Å². The van der Waals surface area contributed by atoms with E-state index in [1.807, 2.05) is 36.1 Å². The van der Waals surface area contributed by atoms with E-state index in [0.717, 1.165) is 0 Å². The Morgan fingerprint density at radius 1 is 0.786 bits per heavy atom. The van der Waals surface area contributed by atoms with Crippen molar-refractivity contribution in [2.24, 2.45) is 7.05 Å². The molecule has 0 fully saturated rings. The van der Waals surface area contributed by atoms with Gasteiger partial charge in [-0.1, -0.05) is 24.3 Å². The molecule has 0 spiro atoms. The molecule has 0 unspecified atom stereocenters. The standard InChI is InChI=1S/C8H10.C5H7N/c1-7-5-3-4-6-8(7)2;1-6-4-2-3-5-6/h3-6H,1-2H3;2-5H,1H3. The van der Waals surface area contributed by atoms with Gasteiger partial charge in [0.05, 0.1) is 0 Å². The molecule has 0 aliphatic rings. The van der Waals surface area contributed by atoms with Crippen LogP contribution in [0.3, 0.4) is 0 Å². The number of hydrogen-bond donors (Lipinski definition) is 0. The Kier molecular flexibility index (Phi) is 3.99. The predicted octanol–water partition coefficient (Wildman–Crippen LogP) is 3.33.